The van der Waals surface area contributed by atoms with Crippen LogP contribution in [0.25, 0.3) is 11.1 Å². The van der Waals surface area contributed by atoms with Crippen molar-refractivity contribution in [1.29, 1.82) is 0 Å². The van der Waals surface area contributed by atoms with Gasteiger partial charge < -0.3 is 20.5 Å². The van der Waals surface area contributed by atoms with Crippen molar-refractivity contribution in [3.05, 3.63) is 59.7 Å². The van der Waals surface area contributed by atoms with E-state index in [1.807, 2.05) is 48.5 Å². The first-order valence-electron chi connectivity index (χ1n) is 11.0. The molecule has 0 saturated heterocycles. The number of alkyl halides is 3. The fourth-order valence-corrected chi connectivity index (χ4v) is 4.11. The van der Waals surface area contributed by atoms with Crippen LogP contribution in [0, 0.1) is 5.41 Å². The van der Waals surface area contributed by atoms with Crippen molar-refractivity contribution in [2.45, 2.75) is 51.4 Å². The maximum absolute atomic E-state index is 13.2. The summed E-state index contributed by atoms with van der Waals surface area (Å²) in [6, 6.07) is 11.4. The zero-order chi connectivity index (χ0) is 26.0. The van der Waals surface area contributed by atoms with E-state index in [9.17, 15) is 27.6 Å². The van der Waals surface area contributed by atoms with Crippen LogP contribution in [-0.2, 0) is 14.3 Å². The van der Waals surface area contributed by atoms with Gasteiger partial charge in [0, 0.05) is 5.92 Å². The van der Waals surface area contributed by atoms with Gasteiger partial charge in [-0.3, -0.25) is 9.59 Å². The standard InChI is InChI=1S/C25H27F3N2O5/c1-24(2,3)21(22(33)29-19(12-20(31)32)25(26,27)28)30-23(34)35-13-18-16-10-6-4-8-14(16)15-9-5-7-11-17(15)18/h4-11,18-19,21H,12-13H2,1-3H3,(H,29,33)(H,30,34)(H,31,32)/t19?,21-/m1/s1. The molecule has 0 aromatic heterocycles. The van der Waals surface area contributed by atoms with Crippen molar-refractivity contribution >= 4 is 18.0 Å². The minimum atomic E-state index is -4.97. The van der Waals surface area contributed by atoms with E-state index < -0.39 is 48.1 Å². The quantitative estimate of drug-likeness (QED) is 0.529. The molecule has 3 N–H and O–H groups in total. The van der Waals surface area contributed by atoms with E-state index in [1.165, 1.54) is 0 Å². The van der Waals surface area contributed by atoms with Crippen LogP contribution in [0.15, 0.2) is 48.5 Å². The predicted octanol–water partition coefficient (Wildman–Crippen LogP) is 4.46. The number of carboxylic acids is 1. The van der Waals surface area contributed by atoms with E-state index in [0.29, 0.717) is 0 Å². The lowest BCUT2D eigenvalue weighted by Gasteiger charge is -2.32. The van der Waals surface area contributed by atoms with Crippen LogP contribution in [0.1, 0.15) is 44.2 Å². The number of nitrogens with one attached hydrogen (secondary N) is 2. The highest BCUT2D eigenvalue weighted by Crippen LogP contribution is 2.44. The molecular formula is C25H27F3N2O5. The van der Waals surface area contributed by atoms with Gasteiger partial charge in [0.05, 0.1) is 6.42 Å². The summed E-state index contributed by atoms with van der Waals surface area (Å²) >= 11 is 0. The van der Waals surface area contributed by atoms with E-state index in [4.69, 9.17) is 9.84 Å². The highest BCUT2D eigenvalue weighted by Gasteiger charge is 2.44. The van der Waals surface area contributed by atoms with Gasteiger partial charge in [0.1, 0.15) is 18.7 Å². The van der Waals surface area contributed by atoms with E-state index in [2.05, 4.69) is 5.32 Å². The predicted molar refractivity (Wildman–Crippen MR) is 122 cm³/mol. The van der Waals surface area contributed by atoms with Crippen molar-refractivity contribution in [1.82, 2.24) is 10.6 Å². The molecule has 0 spiro atoms. The zero-order valence-electron chi connectivity index (χ0n) is 19.5. The molecule has 0 radical (unpaired) electrons. The molecule has 2 atom stereocenters. The molecule has 2 aromatic rings. The summed E-state index contributed by atoms with van der Waals surface area (Å²) in [6.07, 6.45) is -7.28. The Balaban J connectivity index is 1.71. The van der Waals surface area contributed by atoms with Gasteiger partial charge in [-0.05, 0) is 27.7 Å². The van der Waals surface area contributed by atoms with Crippen LogP contribution in [0.4, 0.5) is 18.0 Å². The average molecular weight is 492 g/mol. The minimum absolute atomic E-state index is 0.0392. The lowest BCUT2D eigenvalue weighted by atomic mass is 9.86. The molecule has 0 aliphatic heterocycles. The molecule has 0 saturated carbocycles. The van der Waals surface area contributed by atoms with Crippen LogP contribution >= 0.6 is 0 Å². The van der Waals surface area contributed by atoms with Gasteiger partial charge >= 0.3 is 18.2 Å². The Bertz CT molecular complexity index is 1070. The minimum Gasteiger partial charge on any atom is -0.481 e. The van der Waals surface area contributed by atoms with Gasteiger partial charge in [0.15, 0.2) is 0 Å². The summed E-state index contributed by atoms with van der Waals surface area (Å²) in [5.74, 6) is -3.11. The van der Waals surface area contributed by atoms with E-state index >= 15 is 0 Å². The van der Waals surface area contributed by atoms with Crippen molar-refractivity contribution in [3.8, 4) is 11.1 Å². The molecule has 7 nitrogen and oxygen atoms in total. The normalized spacial score (nSPS) is 14.9. The van der Waals surface area contributed by atoms with Gasteiger partial charge in [0.2, 0.25) is 5.91 Å². The molecular weight excluding hydrogens is 465 g/mol. The molecule has 2 aromatic carbocycles. The average Bonchev–Trinajstić information content (AvgIpc) is 3.07. The molecule has 35 heavy (non-hydrogen) atoms. The van der Waals surface area contributed by atoms with Gasteiger partial charge in [-0.2, -0.15) is 13.2 Å². The third-order valence-electron chi connectivity index (χ3n) is 5.82. The number of rotatable bonds is 7. The Morgan fingerprint density at radius 1 is 0.943 bits per heavy atom. The lowest BCUT2D eigenvalue weighted by molar-refractivity contribution is -0.171. The number of benzene rings is 2. The number of hydrogen-bond acceptors (Lipinski definition) is 4. The smallest absolute Gasteiger partial charge is 0.409 e. The number of ether oxygens (including phenoxy) is 1. The Labute approximate surface area is 200 Å². The second-order valence-electron chi connectivity index (χ2n) is 9.47. The number of alkyl carbamates (subject to hydrolysis) is 1. The van der Waals surface area contributed by atoms with Crippen LogP contribution in [-0.4, -0.2) is 47.9 Å². The first-order valence-corrected chi connectivity index (χ1v) is 11.0. The molecule has 2 amide bonds. The number of amides is 2. The molecule has 1 aliphatic rings. The Morgan fingerprint density at radius 2 is 1.46 bits per heavy atom. The number of aliphatic carboxylic acids is 1. The molecule has 0 heterocycles. The van der Waals surface area contributed by atoms with E-state index in [0.717, 1.165) is 22.3 Å². The van der Waals surface area contributed by atoms with Gasteiger partial charge in [-0.15, -0.1) is 0 Å². The molecule has 0 bridgehead atoms. The van der Waals surface area contributed by atoms with E-state index in [-0.39, 0.29) is 12.5 Å². The van der Waals surface area contributed by atoms with Gasteiger partial charge in [0.25, 0.3) is 0 Å². The van der Waals surface area contributed by atoms with Crippen molar-refractivity contribution in [3.63, 3.8) is 0 Å². The summed E-state index contributed by atoms with van der Waals surface area (Å²) in [4.78, 5) is 36.1. The van der Waals surface area contributed by atoms with Crippen molar-refractivity contribution < 1.29 is 37.4 Å². The van der Waals surface area contributed by atoms with Gasteiger partial charge in [-0.1, -0.05) is 69.3 Å². The SMILES string of the molecule is CC(C)(C)[C@H](NC(=O)OCC1c2ccccc2-c2ccccc21)C(=O)NC(CC(=O)O)C(F)(F)F. The number of carbonyl (C=O) groups is 3. The topological polar surface area (TPSA) is 105 Å². The second kappa shape index (κ2) is 9.97. The Kier molecular flexibility index (Phi) is 7.42. The third kappa shape index (κ3) is 6.12. The third-order valence-corrected chi connectivity index (χ3v) is 5.82. The maximum atomic E-state index is 13.2. The summed E-state index contributed by atoms with van der Waals surface area (Å²) in [5.41, 5.74) is 3.03. The highest BCUT2D eigenvalue weighted by molar-refractivity contribution is 5.87. The number of carboxylic acid groups (broad SMARTS) is 1. The first-order chi connectivity index (χ1) is 16.3. The lowest BCUT2D eigenvalue weighted by Crippen LogP contribution is -2.58. The van der Waals surface area contributed by atoms with Crippen molar-refractivity contribution in [2.75, 3.05) is 6.61 Å². The van der Waals surface area contributed by atoms with Gasteiger partial charge in [-0.25, -0.2) is 4.79 Å². The highest BCUT2D eigenvalue weighted by atomic mass is 19.4. The number of fused-ring (bicyclic) bond motifs is 3. The number of carbonyl (C=O) groups excluding carboxylic acids is 2. The molecule has 10 heteroatoms. The molecule has 1 unspecified atom stereocenters. The largest absolute Gasteiger partial charge is 0.481 e. The number of hydrogen-bond donors (Lipinski definition) is 3. The molecule has 1 aliphatic carbocycles. The molecule has 0 fully saturated rings. The fourth-order valence-electron chi connectivity index (χ4n) is 4.11. The maximum Gasteiger partial charge on any atom is 0.409 e. The summed E-state index contributed by atoms with van der Waals surface area (Å²) in [6.45, 7) is 4.63. The molecule has 188 valence electrons. The molecule has 3 rings (SSSR count). The number of halogens is 3. The Hall–Kier alpha value is -3.56. The van der Waals surface area contributed by atoms with Crippen LogP contribution in [0.5, 0.6) is 0 Å². The van der Waals surface area contributed by atoms with Crippen LogP contribution in [0.3, 0.4) is 0 Å². The monoisotopic (exact) mass is 492 g/mol. The summed E-state index contributed by atoms with van der Waals surface area (Å²) in [5, 5.41) is 12.8. The second-order valence-corrected chi connectivity index (χ2v) is 9.47. The fraction of sp³-hybridized carbons (Fsp3) is 0.400. The zero-order valence-corrected chi connectivity index (χ0v) is 19.5. The first kappa shape index (κ1) is 26.1. The summed E-state index contributed by atoms with van der Waals surface area (Å²) in [7, 11) is 0. The Morgan fingerprint density at radius 3 is 1.91 bits per heavy atom. The van der Waals surface area contributed by atoms with Crippen LogP contribution < -0.4 is 10.6 Å². The summed E-state index contributed by atoms with van der Waals surface area (Å²) < 4.78 is 45.0. The van der Waals surface area contributed by atoms with Crippen molar-refractivity contribution in [2.24, 2.45) is 5.41 Å². The van der Waals surface area contributed by atoms with Crippen LogP contribution in [0.2, 0.25) is 0 Å². The van der Waals surface area contributed by atoms with E-state index in [1.54, 1.807) is 26.1 Å².